The van der Waals surface area contributed by atoms with Crippen molar-refractivity contribution < 1.29 is 42.7 Å². The Bertz CT molecular complexity index is 1150. The van der Waals surface area contributed by atoms with Crippen molar-refractivity contribution in [3.63, 3.8) is 0 Å². The van der Waals surface area contributed by atoms with E-state index in [-0.39, 0.29) is 30.9 Å². The highest BCUT2D eigenvalue weighted by atomic mass is 31.2. The number of carbonyl (C=O) groups excluding carboxylic acids is 3. The van der Waals surface area contributed by atoms with Crippen LogP contribution in [0.3, 0.4) is 0 Å². The standard InChI is InChI=1S/C24H36N5O10P/c1-14(2)29(15(3)4)40(35-12-8-10-25)39-24(28-11-9-20(26-16(5)31)27-23(28)34)22(37-18(7)33)21(36-17(6)32)19(13-30)38-24/h9,11,14-15,19,21-22,30H,8,12-13H2,1-7H3,(H,26,27,31,34)/t19-,21-,22-,24+,40?/m1/s1. The molecule has 2 rings (SSSR count). The van der Waals surface area contributed by atoms with E-state index in [0.29, 0.717) is 0 Å². The topological polar surface area (TPSA) is 192 Å². The van der Waals surface area contributed by atoms with Crippen LogP contribution in [0.15, 0.2) is 17.1 Å². The number of anilines is 1. The monoisotopic (exact) mass is 585 g/mol. The summed E-state index contributed by atoms with van der Waals surface area (Å²) in [6.45, 7) is 10.2. The Morgan fingerprint density at radius 3 is 2.33 bits per heavy atom. The summed E-state index contributed by atoms with van der Waals surface area (Å²) in [6.07, 6.45) is -3.12. The van der Waals surface area contributed by atoms with Gasteiger partial charge in [-0.15, -0.1) is 0 Å². The Morgan fingerprint density at radius 2 is 1.85 bits per heavy atom. The van der Waals surface area contributed by atoms with Gasteiger partial charge in [0.05, 0.1) is 25.7 Å². The molecule has 2 N–H and O–H groups in total. The van der Waals surface area contributed by atoms with E-state index in [2.05, 4.69) is 10.3 Å². The number of amides is 1. The van der Waals surface area contributed by atoms with Gasteiger partial charge in [0, 0.05) is 39.1 Å². The van der Waals surface area contributed by atoms with Crippen molar-refractivity contribution in [2.24, 2.45) is 0 Å². The zero-order chi connectivity index (χ0) is 30.2. The Morgan fingerprint density at radius 1 is 1.23 bits per heavy atom. The molecule has 1 aromatic heterocycles. The first-order chi connectivity index (χ1) is 18.8. The van der Waals surface area contributed by atoms with Gasteiger partial charge in [0.25, 0.3) is 8.53 Å². The quantitative estimate of drug-likeness (QED) is 0.192. The van der Waals surface area contributed by atoms with E-state index >= 15 is 0 Å². The number of hydrogen-bond acceptors (Lipinski definition) is 13. The lowest BCUT2D eigenvalue weighted by Gasteiger charge is -2.42. The van der Waals surface area contributed by atoms with Crippen LogP contribution in [-0.4, -0.2) is 80.8 Å². The summed E-state index contributed by atoms with van der Waals surface area (Å²) in [4.78, 5) is 53.1. The number of rotatable bonds is 13. The van der Waals surface area contributed by atoms with E-state index in [1.165, 1.54) is 19.2 Å². The van der Waals surface area contributed by atoms with E-state index in [1.54, 1.807) is 0 Å². The molecule has 1 aliphatic heterocycles. The van der Waals surface area contributed by atoms with Crippen LogP contribution >= 0.6 is 8.53 Å². The molecule has 0 radical (unpaired) electrons. The molecule has 1 amide bonds. The van der Waals surface area contributed by atoms with Gasteiger partial charge in [0.15, 0.2) is 6.10 Å². The first-order valence-corrected chi connectivity index (χ1v) is 13.7. The minimum atomic E-state index is -2.36. The van der Waals surface area contributed by atoms with Crippen LogP contribution < -0.4 is 11.0 Å². The molecule has 15 nitrogen and oxygen atoms in total. The van der Waals surface area contributed by atoms with Crippen molar-refractivity contribution in [1.29, 1.82) is 5.26 Å². The van der Waals surface area contributed by atoms with Gasteiger partial charge in [0.1, 0.15) is 11.9 Å². The molecule has 2 heterocycles. The van der Waals surface area contributed by atoms with Crippen LogP contribution in [0.2, 0.25) is 0 Å². The number of aliphatic hydroxyl groups is 1. The van der Waals surface area contributed by atoms with Gasteiger partial charge in [-0.05, 0) is 33.8 Å². The highest BCUT2D eigenvalue weighted by Gasteiger charge is 2.64. The fourth-order valence-electron chi connectivity index (χ4n) is 4.14. The first kappa shape index (κ1) is 33.2. The molecule has 0 saturated carbocycles. The summed E-state index contributed by atoms with van der Waals surface area (Å²) in [5.74, 6) is -4.50. The molecule has 1 aromatic rings. The number of nitrogens with one attached hydrogen (secondary N) is 1. The third-order valence-electron chi connectivity index (χ3n) is 5.43. The highest BCUT2D eigenvalue weighted by Crippen LogP contribution is 2.54. The second-order valence-corrected chi connectivity index (χ2v) is 10.7. The fourth-order valence-corrected chi connectivity index (χ4v) is 5.88. The summed E-state index contributed by atoms with van der Waals surface area (Å²) in [5.41, 5.74) is -0.990. The van der Waals surface area contributed by atoms with Gasteiger partial charge >= 0.3 is 23.5 Å². The van der Waals surface area contributed by atoms with Crippen LogP contribution in [0, 0.1) is 11.3 Å². The molecule has 0 aliphatic carbocycles. The van der Waals surface area contributed by atoms with E-state index in [1.807, 2.05) is 38.4 Å². The highest BCUT2D eigenvalue weighted by molar-refractivity contribution is 7.44. The average molecular weight is 586 g/mol. The minimum Gasteiger partial charge on any atom is -0.455 e. The molecule has 40 heavy (non-hydrogen) atoms. The van der Waals surface area contributed by atoms with Crippen molar-refractivity contribution in [3.8, 4) is 6.07 Å². The van der Waals surface area contributed by atoms with Gasteiger partial charge < -0.3 is 29.2 Å². The van der Waals surface area contributed by atoms with E-state index < -0.39 is 62.9 Å². The molecule has 1 unspecified atom stereocenters. The van der Waals surface area contributed by atoms with Crippen molar-refractivity contribution >= 4 is 32.2 Å². The Hall–Kier alpha value is -2.99. The maximum absolute atomic E-state index is 13.4. The van der Waals surface area contributed by atoms with Gasteiger partial charge in [-0.3, -0.25) is 18.9 Å². The molecule has 5 atom stereocenters. The van der Waals surface area contributed by atoms with Crippen LogP contribution in [-0.2, 0) is 43.6 Å². The molecular formula is C24H36N5O10P. The summed E-state index contributed by atoms with van der Waals surface area (Å²) < 4.78 is 32.2. The number of esters is 2. The van der Waals surface area contributed by atoms with Gasteiger partial charge in [-0.1, -0.05) is 0 Å². The van der Waals surface area contributed by atoms with Gasteiger partial charge in [0.2, 0.25) is 12.0 Å². The molecule has 0 aromatic carbocycles. The molecule has 222 valence electrons. The molecule has 1 aliphatic rings. The lowest BCUT2D eigenvalue weighted by Crippen LogP contribution is -2.54. The van der Waals surface area contributed by atoms with Crippen molar-refractivity contribution in [2.45, 2.75) is 91.2 Å². The molecule has 16 heteroatoms. The average Bonchev–Trinajstić information content (AvgIpc) is 3.10. The lowest BCUT2D eigenvalue weighted by atomic mass is 10.1. The predicted molar refractivity (Wildman–Crippen MR) is 140 cm³/mol. The summed E-state index contributed by atoms with van der Waals surface area (Å²) in [5, 5.41) is 21.6. The number of aliphatic hydroxyl groups excluding tert-OH is 1. The smallest absolute Gasteiger partial charge is 0.353 e. The third kappa shape index (κ3) is 8.03. The zero-order valence-electron chi connectivity index (χ0n) is 23.5. The van der Waals surface area contributed by atoms with E-state index in [0.717, 1.165) is 18.4 Å². The van der Waals surface area contributed by atoms with Crippen LogP contribution in [0.4, 0.5) is 5.82 Å². The second kappa shape index (κ2) is 14.6. The summed E-state index contributed by atoms with van der Waals surface area (Å²) in [6, 6.07) is 2.93. The van der Waals surface area contributed by atoms with E-state index in [4.69, 9.17) is 28.5 Å². The fraction of sp³-hybridized carbons (Fsp3) is 0.667. The Balaban J connectivity index is 2.84. The molecule has 1 saturated heterocycles. The molecule has 0 spiro atoms. The molecular weight excluding hydrogens is 549 g/mol. The maximum Gasteiger partial charge on any atom is 0.353 e. The Kier molecular flexibility index (Phi) is 12.1. The predicted octanol–water partition coefficient (Wildman–Crippen LogP) is 1.36. The van der Waals surface area contributed by atoms with Crippen molar-refractivity contribution in [2.75, 3.05) is 18.5 Å². The molecule has 1 fully saturated rings. The first-order valence-electron chi connectivity index (χ1n) is 12.6. The molecule has 0 bridgehead atoms. The third-order valence-corrected chi connectivity index (χ3v) is 7.56. The number of carbonyl (C=O) groups is 3. The number of hydrogen-bond donors (Lipinski definition) is 2. The van der Waals surface area contributed by atoms with Crippen molar-refractivity contribution in [1.82, 2.24) is 14.2 Å². The largest absolute Gasteiger partial charge is 0.455 e. The Labute approximate surface area is 233 Å². The number of nitriles is 1. The van der Waals surface area contributed by atoms with E-state index in [9.17, 15) is 24.3 Å². The normalized spacial score (nSPS) is 23.2. The van der Waals surface area contributed by atoms with Gasteiger partial charge in [-0.2, -0.15) is 10.2 Å². The number of aromatic nitrogens is 2. The van der Waals surface area contributed by atoms with Crippen LogP contribution in [0.1, 0.15) is 54.9 Å². The summed E-state index contributed by atoms with van der Waals surface area (Å²) in [7, 11) is -2.16. The minimum absolute atomic E-state index is 0.0235. The zero-order valence-corrected chi connectivity index (χ0v) is 24.4. The van der Waals surface area contributed by atoms with Crippen LogP contribution in [0.25, 0.3) is 0 Å². The van der Waals surface area contributed by atoms with Crippen molar-refractivity contribution in [3.05, 3.63) is 22.7 Å². The lowest BCUT2D eigenvalue weighted by molar-refractivity contribution is -0.279. The SMILES string of the molecule is CC(=O)Nc1ccn([C@]2(OP(OCCC#N)N(C(C)C)C(C)C)O[C@H](CO)[C@@H](OC(C)=O)[C@H]2OC(C)=O)c(=O)n1. The number of nitrogens with zero attached hydrogens (tertiary/aromatic N) is 4. The van der Waals surface area contributed by atoms with Crippen LogP contribution in [0.5, 0.6) is 0 Å². The maximum atomic E-state index is 13.4. The van der Waals surface area contributed by atoms with Gasteiger partial charge in [-0.25, -0.2) is 14.0 Å². The second-order valence-electron chi connectivity index (χ2n) is 9.36. The number of ether oxygens (including phenoxy) is 3. The summed E-state index contributed by atoms with van der Waals surface area (Å²) >= 11 is 0.